The van der Waals surface area contributed by atoms with Gasteiger partial charge in [0.25, 0.3) is 0 Å². The average Bonchev–Trinajstić information content (AvgIpc) is 2.65. The van der Waals surface area contributed by atoms with Crippen LogP contribution in [0.5, 0.6) is 11.5 Å². The van der Waals surface area contributed by atoms with Crippen LogP contribution in [0.25, 0.3) is 11.3 Å². The maximum atomic E-state index is 13.2. The monoisotopic (exact) mass is 411 g/mol. The van der Waals surface area contributed by atoms with Crippen LogP contribution in [0.4, 0.5) is 13.2 Å². The second-order valence-corrected chi connectivity index (χ2v) is 6.61. The largest absolute Gasteiger partial charge is 0.493 e. The van der Waals surface area contributed by atoms with Gasteiger partial charge in [0, 0.05) is 23.9 Å². The van der Waals surface area contributed by atoms with Crippen molar-refractivity contribution in [3.8, 4) is 22.8 Å². The maximum absolute atomic E-state index is 13.2. The lowest BCUT2D eigenvalue weighted by Crippen LogP contribution is -2.29. The summed E-state index contributed by atoms with van der Waals surface area (Å²) in [5.41, 5.74) is 0.503. The molecule has 9 heteroatoms. The number of pyridine rings is 1. The molecule has 1 atom stereocenters. The number of alkyl halides is 3. The van der Waals surface area contributed by atoms with Gasteiger partial charge in [-0.05, 0) is 31.0 Å². The number of fused-ring (bicyclic) bond motifs is 3. The molecule has 2 heterocycles. The number of ether oxygens (including phenoxy) is 3. The molecule has 0 saturated carbocycles. The Labute approximate surface area is 164 Å². The van der Waals surface area contributed by atoms with E-state index in [0.717, 1.165) is 6.20 Å². The summed E-state index contributed by atoms with van der Waals surface area (Å²) in [6.45, 7) is 1.63. The lowest BCUT2D eigenvalue weighted by molar-refractivity contribution is -0.142. The number of hydrogen-bond donors (Lipinski definition) is 0. The zero-order valence-electron chi connectivity index (χ0n) is 16.1. The first-order valence-corrected chi connectivity index (χ1v) is 8.93. The standard InChI is InChI=1S/C20H20F3NO5/c1-4-29-19(26)14-10-24-12(9-20(21,22)23)5-11-6-17(27-2)18(28-3)7-13(11)15(24)8-16(14)25/h6-8,10,12H,4-5,9H2,1-3H3. The van der Waals surface area contributed by atoms with Crippen molar-refractivity contribution in [1.29, 1.82) is 0 Å². The molecule has 1 aliphatic heterocycles. The van der Waals surface area contributed by atoms with Gasteiger partial charge < -0.3 is 18.8 Å². The van der Waals surface area contributed by atoms with Crippen LogP contribution in [0.15, 0.2) is 29.2 Å². The molecule has 29 heavy (non-hydrogen) atoms. The predicted octanol–water partition coefficient (Wildman–Crippen LogP) is 3.76. The van der Waals surface area contributed by atoms with E-state index in [1.165, 1.54) is 24.9 Å². The number of nitrogens with zero attached hydrogens (tertiary/aromatic N) is 1. The highest BCUT2D eigenvalue weighted by Gasteiger charge is 2.36. The highest BCUT2D eigenvalue weighted by atomic mass is 19.4. The Morgan fingerprint density at radius 3 is 2.41 bits per heavy atom. The zero-order valence-corrected chi connectivity index (χ0v) is 16.1. The predicted molar refractivity (Wildman–Crippen MR) is 98.6 cm³/mol. The van der Waals surface area contributed by atoms with Gasteiger partial charge in [-0.1, -0.05) is 0 Å². The first-order chi connectivity index (χ1) is 13.7. The van der Waals surface area contributed by atoms with Gasteiger partial charge in [-0.15, -0.1) is 0 Å². The first kappa shape index (κ1) is 20.8. The molecule has 0 bridgehead atoms. The Bertz CT molecular complexity index is 997. The minimum atomic E-state index is -4.43. The summed E-state index contributed by atoms with van der Waals surface area (Å²) >= 11 is 0. The van der Waals surface area contributed by atoms with E-state index in [2.05, 4.69) is 0 Å². The number of halogens is 3. The molecule has 0 spiro atoms. The van der Waals surface area contributed by atoms with E-state index in [4.69, 9.17) is 14.2 Å². The van der Waals surface area contributed by atoms with Gasteiger partial charge >= 0.3 is 12.1 Å². The SMILES string of the molecule is CCOC(=O)c1cn2c(cc1=O)-c1cc(OC)c(OC)cc1CC2CC(F)(F)F. The Morgan fingerprint density at radius 2 is 1.83 bits per heavy atom. The molecule has 6 nitrogen and oxygen atoms in total. The first-order valence-electron chi connectivity index (χ1n) is 8.93. The fraction of sp³-hybridized carbons (Fsp3) is 0.400. The Hall–Kier alpha value is -2.97. The fourth-order valence-corrected chi connectivity index (χ4v) is 3.55. The zero-order chi connectivity index (χ0) is 21.3. The van der Waals surface area contributed by atoms with Crippen LogP contribution in [0.1, 0.15) is 35.3 Å². The van der Waals surface area contributed by atoms with Gasteiger partial charge in [0.2, 0.25) is 0 Å². The minimum absolute atomic E-state index is 0.0475. The Balaban J connectivity index is 2.23. The van der Waals surface area contributed by atoms with Crippen molar-refractivity contribution in [2.45, 2.75) is 32.0 Å². The van der Waals surface area contributed by atoms with E-state index in [1.807, 2.05) is 0 Å². The molecule has 0 N–H and O–H groups in total. The number of aromatic nitrogens is 1. The number of benzene rings is 1. The molecule has 0 aliphatic carbocycles. The summed E-state index contributed by atoms with van der Waals surface area (Å²) in [5, 5.41) is 0. The number of methoxy groups -OCH3 is 2. The third-order valence-corrected chi connectivity index (χ3v) is 4.78. The summed E-state index contributed by atoms with van der Waals surface area (Å²) in [6.07, 6.45) is -4.33. The lowest BCUT2D eigenvalue weighted by Gasteiger charge is -2.32. The van der Waals surface area contributed by atoms with E-state index < -0.39 is 30.0 Å². The molecule has 1 aromatic carbocycles. The Kier molecular flexibility index (Phi) is 5.59. The van der Waals surface area contributed by atoms with Crippen molar-refractivity contribution in [2.75, 3.05) is 20.8 Å². The van der Waals surface area contributed by atoms with Gasteiger partial charge in [-0.2, -0.15) is 13.2 Å². The summed E-state index contributed by atoms with van der Waals surface area (Å²) in [6, 6.07) is 3.38. The van der Waals surface area contributed by atoms with Crippen LogP contribution in [0, 0.1) is 0 Å². The highest BCUT2D eigenvalue weighted by Crippen LogP contribution is 2.43. The smallest absolute Gasteiger partial charge is 0.391 e. The third kappa shape index (κ3) is 4.08. The van der Waals surface area contributed by atoms with E-state index >= 15 is 0 Å². The number of hydrogen-bond acceptors (Lipinski definition) is 5. The molecule has 0 fully saturated rings. The molecule has 3 rings (SSSR count). The molecule has 2 aromatic rings. The summed E-state index contributed by atoms with van der Waals surface area (Å²) in [4.78, 5) is 24.6. The molecule has 1 aliphatic rings. The van der Waals surface area contributed by atoms with Crippen molar-refractivity contribution in [3.05, 3.63) is 45.7 Å². The van der Waals surface area contributed by atoms with Crippen molar-refractivity contribution in [3.63, 3.8) is 0 Å². The molecule has 1 unspecified atom stereocenters. The van der Waals surface area contributed by atoms with E-state index in [9.17, 15) is 22.8 Å². The maximum Gasteiger partial charge on any atom is 0.391 e. The molecular weight excluding hydrogens is 391 g/mol. The van der Waals surface area contributed by atoms with Crippen LogP contribution in [-0.2, 0) is 11.2 Å². The van der Waals surface area contributed by atoms with E-state index in [1.54, 1.807) is 19.1 Å². The fourth-order valence-electron chi connectivity index (χ4n) is 3.55. The van der Waals surface area contributed by atoms with Gasteiger partial charge in [0.15, 0.2) is 16.9 Å². The van der Waals surface area contributed by atoms with Crippen molar-refractivity contribution < 1.29 is 32.2 Å². The van der Waals surface area contributed by atoms with Crippen molar-refractivity contribution >= 4 is 5.97 Å². The van der Waals surface area contributed by atoms with Gasteiger partial charge in [-0.3, -0.25) is 4.79 Å². The minimum Gasteiger partial charge on any atom is -0.493 e. The molecular formula is C20H20F3NO5. The van der Waals surface area contributed by atoms with Gasteiger partial charge in [-0.25, -0.2) is 4.79 Å². The lowest BCUT2D eigenvalue weighted by atomic mass is 9.90. The number of carbonyl (C=O) groups is 1. The number of rotatable bonds is 5. The van der Waals surface area contributed by atoms with Gasteiger partial charge in [0.1, 0.15) is 5.56 Å². The summed E-state index contributed by atoms with van der Waals surface area (Å²) < 4.78 is 56.4. The molecule has 156 valence electrons. The van der Waals surface area contributed by atoms with Crippen LogP contribution >= 0.6 is 0 Å². The second kappa shape index (κ2) is 7.81. The average molecular weight is 411 g/mol. The van der Waals surface area contributed by atoms with Crippen LogP contribution < -0.4 is 14.9 Å². The third-order valence-electron chi connectivity index (χ3n) is 4.78. The van der Waals surface area contributed by atoms with Crippen LogP contribution in [-0.4, -0.2) is 37.5 Å². The quantitative estimate of drug-likeness (QED) is 0.701. The Morgan fingerprint density at radius 1 is 1.17 bits per heavy atom. The van der Waals surface area contributed by atoms with E-state index in [0.29, 0.717) is 22.6 Å². The van der Waals surface area contributed by atoms with Crippen molar-refractivity contribution in [1.82, 2.24) is 4.57 Å². The van der Waals surface area contributed by atoms with E-state index in [-0.39, 0.29) is 24.3 Å². The second-order valence-electron chi connectivity index (χ2n) is 6.61. The van der Waals surface area contributed by atoms with Gasteiger partial charge in [0.05, 0.1) is 32.9 Å². The van der Waals surface area contributed by atoms with Crippen molar-refractivity contribution in [2.24, 2.45) is 0 Å². The molecule has 0 saturated heterocycles. The normalized spacial score (nSPS) is 15.3. The number of esters is 1. The summed E-state index contributed by atoms with van der Waals surface area (Å²) in [5.74, 6) is -0.0957. The number of carbonyl (C=O) groups excluding carboxylic acids is 1. The molecule has 1 aromatic heterocycles. The molecule has 0 amide bonds. The van der Waals surface area contributed by atoms with Crippen LogP contribution in [0.2, 0.25) is 0 Å². The highest BCUT2D eigenvalue weighted by molar-refractivity contribution is 5.89. The van der Waals surface area contributed by atoms with Crippen LogP contribution in [0.3, 0.4) is 0 Å². The molecule has 0 radical (unpaired) electrons. The summed E-state index contributed by atoms with van der Waals surface area (Å²) in [7, 11) is 2.88. The topological polar surface area (TPSA) is 66.8 Å².